The number of carbonyl (C=O) groups is 1. The Labute approximate surface area is 85.9 Å². The van der Waals surface area contributed by atoms with E-state index in [1.807, 2.05) is 0 Å². The van der Waals surface area contributed by atoms with Crippen molar-refractivity contribution in [2.75, 3.05) is 14.1 Å². The molecule has 66 valence electrons. The molecule has 0 bridgehead atoms. The fraction of sp³-hybridized carbons (Fsp3) is 0.750. The molecule has 0 saturated heterocycles. The summed E-state index contributed by atoms with van der Waals surface area (Å²) in [4.78, 5) is 11.6. The van der Waals surface area contributed by atoms with Gasteiger partial charge in [0, 0.05) is 70.5 Å². The molecule has 0 heterocycles. The Morgan fingerprint density at radius 2 is 1.22 bits per heavy atom. The van der Waals surface area contributed by atoms with Crippen molar-refractivity contribution in [3.63, 3.8) is 0 Å². The van der Waals surface area contributed by atoms with Crippen molar-refractivity contribution in [1.82, 2.24) is 4.90 Å². The Hall–Kier alpha value is 0.951. The van der Waals surface area contributed by atoms with Crippen LogP contribution in [0.2, 0.25) is 0 Å². The van der Waals surface area contributed by atoms with E-state index in [-0.39, 0.29) is 55.4 Å². The minimum Gasteiger partial charge on any atom is -0.349 e. The van der Waals surface area contributed by atoms with Crippen LogP contribution in [0, 0.1) is 0 Å². The van der Waals surface area contributed by atoms with E-state index in [9.17, 15) is 4.79 Å². The number of rotatable bonds is 0. The third-order valence-corrected chi connectivity index (χ3v) is 0.630. The van der Waals surface area contributed by atoms with Gasteiger partial charge in [0.1, 0.15) is 0 Å². The second-order valence-corrected chi connectivity index (χ2v) is 1.41. The number of nitrogens with zero attached hydrogens (tertiary/aromatic N) is 1. The minimum atomic E-state index is 0. The van der Waals surface area contributed by atoms with E-state index in [2.05, 4.69) is 0 Å². The average Bonchev–Trinajstić information content (AvgIpc) is 1.36. The molecule has 0 unspecified atom stereocenters. The zero-order valence-corrected chi connectivity index (χ0v) is 8.27. The summed E-state index contributed by atoms with van der Waals surface area (Å²) >= 11 is 0. The molecule has 0 aromatic rings. The van der Waals surface area contributed by atoms with Gasteiger partial charge >= 0.3 is 0 Å². The second kappa shape index (κ2) is 11.7. The first kappa shape index (κ1) is 22.5. The Bertz CT molecular complexity index is 66.8. The molecular weight excluding hydrogens is 254 g/mol. The van der Waals surface area contributed by atoms with Gasteiger partial charge in [0.05, 0.1) is 0 Å². The molecule has 0 aliphatic rings. The van der Waals surface area contributed by atoms with E-state index in [1.54, 1.807) is 14.1 Å². The Kier molecular flexibility index (Phi) is 29.3. The van der Waals surface area contributed by atoms with Crippen LogP contribution in [0.3, 0.4) is 0 Å². The summed E-state index contributed by atoms with van der Waals surface area (Å²) < 4.78 is 0. The van der Waals surface area contributed by atoms with Crippen molar-refractivity contribution in [1.29, 1.82) is 0 Å². The minimum absolute atomic E-state index is 0. The largest absolute Gasteiger partial charge is 0.349 e. The zero-order valence-electron chi connectivity index (χ0n) is 5.30. The summed E-state index contributed by atoms with van der Waals surface area (Å²) in [6.45, 7) is 1.53. The van der Waals surface area contributed by atoms with E-state index >= 15 is 0 Å². The maximum absolute atomic E-state index is 10.1. The van der Waals surface area contributed by atoms with Gasteiger partial charge in [-0.3, -0.25) is 4.79 Å². The summed E-state index contributed by atoms with van der Waals surface area (Å²) in [7, 11) is 3.45. The standard InChI is InChI=1S/C4H9NO.3Ni/c1-4(6)5(2)3;;;/h1-3H3;;;. The number of carbonyl (C=O) groups excluding carboxylic acids is 1. The maximum Gasteiger partial charge on any atom is 0.218 e. The molecule has 0 spiro atoms. The Balaban J connectivity index is -0.0000000417. The van der Waals surface area contributed by atoms with Gasteiger partial charge in [0.15, 0.2) is 0 Å². The van der Waals surface area contributed by atoms with Crippen molar-refractivity contribution in [3.05, 3.63) is 0 Å². The molecule has 0 N–H and O–H groups in total. The monoisotopic (exact) mass is 261 g/mol. The van der Waals surface area contributed by atoms with E-state index in [0.29, 0.717) is 0 Å². The van der Waals surface area contributed by atoms with Crippen LogP contribution < -0.4 is 0 Å². The van der Waals surface area contributed by atoms with Crippen LogP contribution in [-0.4, -0.2) is 24.9 Å². The molecule has 0 aromatic carbocycles. The van der Waals surface area contributed by atoms with E-state index in [1.165, 1.54) is 11.8 Å². The van der Waals surface area contributed by atoms with Gasteiger partial charge < -0.3 is 4.90 Å². The van der Waals surface area contributed by atoms with Gasteiger partial charge in [-0.15, -0.1) is 0 Å². The first-order chi connectivity index (χ1) is 2.64. The summed E-state index contributed by atoms with van der Waals surface area (Å²) in [6.07, 6.45) is 0. The molecule has 9 heavy (non-hydrogen) atoms. The molecule has 0 saturated carbocycles. The first-order valence-corrected chi connectivity index (χ1v) is 1.82. The molecule has 1 amide bonds. The SMILES string of the molecule is CC(=O)N(C)C.[Ni].[Ni].[Ni]. The van der Waals surface area contributed by atoms with Crippen molar-refractivity contribution < 1.29 is 54.3 Å². The summed E-state index contributed by atoms with van der Waals surface area (Å²) in [5.41, 5.74) is 0. The van der Waals surface area contributed by atoms with Crippen LogP contribution >= 0.6 is 0 Å². The van der Waals surface area contributed by atoms with E-state index < -0.39 is 0 Å². The van der Waals surface area contributed by atoms with Gasteiger partial charge in [0.2, 0.25) is 5.91 Å². The Morgan fingerprint density at radius 3 is 1.22 bits per heavy atom. The van der Waals surface area contributed by atoms with E-state index in [4.69, 9.17) is 0 Å². The van der Waals surface area contributed by atoms with Crippen LogP contribution in [-0.2, 0) is 54.3 Å². The molecule has 0 aliphatic carbocycles. The van der Waals surface area contributed by atoms with Crippen molar-refractivity contribution >= 4 is 5.91 Å². The van der Waals surface area contributed by atoms with Crippen molar-refractivity contribution in [2.24, 2.45) is 0 Å². The number of hydrogen-bond donors (Lipinski definition) is 0. The predicted octanol–water partition coefficient (Wildman–Crippen LogP) is 0.0870. The quantitative estimate of drug-likeness (QED) is 0.567. The number of hydrogen-bond acceptors (Lipinski definition) is 1. The van der Waals surface area contributed by atoms with Crippen molar-refractivity contribution in [3.8, 4) is 0 Å². The third kappa shape index (κ3) is 17.6. The molecule has 0 rings (SSSR count). The van der Waals surface area contributed by atoms with Gasteiger partial charge in [-0.25, -0.2) is 0 Å². The van der Waals surface area contributed by atoms with Crippen LogP contribution in [0.1, 0.15) is 6.92 Å². The van der Waals surface area contributed by atoms with Gasteiger partial charge in [-0.1, -0.05) is 0 Å². The van der Waals surface area contributed by atoms with Gasteiger partial charge in [-0.05, 0) is 0 Å². The summed E-state index contributed by atoms with van der Waals surface area (Å²) in [5, 5.41) is 0. The fourth-order valence-electron chi connectivity index (χ4n) is 0. The maximum atomic E-state index is 10.1. The molecule has 2 nitrogen and oxygen atoms in total. The van der Waals surface area contributed by atoms with E-state index in [0.717, 1.165) is 0 Å². The second-order valence-electron chi connectivity index (χ2n) is 1.41. The molecule has 0 aromatic heterocycles. The topological polar surface area (TPSA) is 20.3 Å². The van der Waals surface area contributed by atoms with Gasteiger partial charge in [0.25, 0.3) is 0 Å². The van der Waals surface area contributed by atoms with Crippen molar-refractivity contribution in [2.45, 2.75) is 6.92 Å². The fourth-order valence-corrected chi connectivity index (χ4v) is 0. The van der Waals surface area contributed by atoms with Crippen LogP contribution in [0.5, 0.6) is 0 Å². The molecule has 0 atom stereocenters. The summed E-state index contributed by atoms with van der Waals surface area (Å²) in [6, 6.07) is 0. The molecule has 0 aliphatic heterocycles. The molecule has 0 fully saturated rings. The Morgan fingerprint density at radius 1 is 1.11 bits per heavy atom. The first-order valence-electron chi connectivity index (χ1n) is 1.82. The van der Waals surface area contributed by atoms with Crippen LogP contribution in [0.25, 0.3) is 0 Å². The third-order valence-electron chi connectivity index (χ3n) is 0.630. The number of amides is 1. The average molecular weight is 263 g/mol. The molecule has 0 radical (unpaired) electrons. The molecular formula is C4H9NNi3O. The smallest absolute Gasteiger partial charge is 0.218 e. The zero-order chi connectivity index (χ0) is 5.15. The molecule has 5 heteroatoms. The normalized spacial score (nSPS) is 5.22. The van der Waals surface area contributed by atoms with Gasteiger partial charge in [-0.2, -0.15) is 0 Å². The predicted molar refractivity (Wildman–Crippen MR) is 24.4 cm³/mol. The van der Waals surface area contributed by atoms with Crippen LogP contribution in [0.15, 0.2) is 0 Å². The summed E-state index contributed by atoms with van der Waals surface area (Å²) in [5.74, 6) is 0.0926. The van der Waals surface area contributed by atoms with Crippen LogP contribution in [0.4, 0.5) is 0 Å².